The predicted molar refractivity (Wildman–Crippen MR) is 52.0 cm³/mol. The van der Waals surface area contributed by atoms with Gasteiger partial charge in [-0.15, -0.1) is 0 Å². The van der Waals surface area contributed by atoms with E-state index in [1.807, 2.05) is 0 Å². The number of methoxy groups -OCH3 is 1. The maximum Gasteiger partial charge on any atom is 0.328 e. The molecule has 5 nitrogen and oxygen atoms in total. The van der Waals surface area contributed by atoms with Gasteiger partial charge in [0.15, 0.2) is 0 Å². The van der Waals surface area contributed by atoms with Crippen molar-refractivity contribution in [2.75, 3.05) is 25.7 Å². The summed E-state index contributed by atoms with van der Waals surface area (Å²) >= 11 is 3.01. The van der Waals surface area contributed by atoms with Crippen molar-refractivity contribution in [3.63, 3.8) is 0 Å². The molecule has 14 heavy (non-hydrogen) atoms. The molecule has 1 N–H and O–H groups in total. The largest absolute Gasteiger partial charge is 0.467 e. The number of nitrogens with one attached hydrogen (secondary N) is 1. The lowest BCUT2D eigenvalue weighted by molar-refractivity contribution is -0.152. The van der Waals surface area contributed by atoms with Crippen LogP contribution < -0.4 is 5.32 Å². The Morgan fingerprint density at radius 2 is 2.29 bits per heavy atom. The third kappa shape index (κ3) is 2.68. The smallest absolute Gasteiger partial charge is 0.328 e. The zero-order valence-corrected chi connectivity index (χ0v) is 9.37. The molecule has 1 heterocycles. The second kappa shape index (κ2) is 5.31. The number of rotatable bonds is 4. The van der Waals surface area contributed by atoms with Crippen LogP contribution in [0.1, 0.15) is 0 Å². The number of carbonyl (C=O) groups excluding carboxylic acids is 2. The van der Waals surface area contributed by atoms with E-state index in [-0.39, 0.29) is 17.2 Å². The van der Waals surface area contributed by atoms with Gasteiger partial charge in [-0.1, -0.05) is 15.9 Å². The molecular formula is C8H12BrNO4. The van der Waals surface area contributed by atoms with Gasteiger partial charge in [0.2, 0.25) is 5.91 Å². The summed E-state index contributed by atoms with van der Waals surface area (Å²) in [6.45, 7) is 0.977. The van der Waals surface area contributed by atoms with Crippen LogP contribution in [0, 0.1) is 5.92 Å². The fraction of sp³-hybridized carbons (Fsp3) is 0.750. The third-order valence-corrected chi connectivity index (χ3v) is 2.54. The van der Waals surface area contributed by atoms with Gasteiger partial charge in [0.25, 0.3) is 0 Å². The first-order valence-corrected chi connectivity index (χ1v) is 5.32. The van der Waals surface area contributed by atoms with Crippen LogP contribution in [0.15, 0.2) is 0 Å². The first-order chi connectivity index (χ1) is 6.69. The first kappa shape index (κ1) is 11.5. The fourth-order valence-corrected chi connectivity index (χ4v) is 1.32. The second-order valence-corrected chi connectivity index (χ2v) is 3.56. The van der Waals surface area contributed by atoms with Crippen LogP contribution in [0.4, 0.5) is 0 Å². The van der Waals surface area contributed by atoms with Gasteiger partial charge in [-0.05, 0) is 0 Å². The average molecular weight is 266 g/mol. The summed E-state index contributed by atoms with van der Waals surface area (Å²) in [5, 5.41) is 2.75. The van der Waals surface area contributed by atoms with Crippen LogP contribution in [0.5, 0.6) is 0 Å². The Morgan fingerprint density at radius 3 is 2.64 bits per heavy atom. The summed E-state index contributed by atoms with van der Waals surface area (Å²) in [5.74, 6) is -0.620. The molecule has 0 radical (unpaired) electrons. The second-order valence-electron chi connectivity index (χ2n) is 3.00. The Kier molecular flexibility index (Phi) is 4.34. The van der Waals surface area contributed by atoms with Crippen molar-refractivity contribution in [1.29, 1.82) is 0 Å². The number of amides is 1. The fourth-order valence-electron chi connectivity index (χ4n) is 1.15. The van der Waals surface area contributed by atoms with Crippen molar-refractivity contribution in [3.8, 4) is 0 Å². The quantitative estimate of drug-likeness (QED) is 0.559. The normalized spacial score (nSPS) is 18.1. The zero-order chi connectivity index (χ0) is 10.6. The van der Waals surface area contributed by atoms with Crippen molar-refractivity contribution < 1.29 is 19.1 Å². The van der Waals surface area contributed by atoms with Gasteiger partial charge in [0.1, 0.15) is 6.04 Å². The standard InChI is InChI=1S/C8H12BrNO4/c1-13-8(12)7(5-3-14-4-5)10-6(11)2-9/h5,7H,2-4H2,1H3,(H,10,11). The molecule has 0 aliphatic carbocycles. The summed E-state index contributed by atoms with van der Waals surface area (Å²) in [5.41, 5.74) is 0. The lowest BCUT2D eigenvalue weighted by Gasteiger charge is -2.32. The van der Waals surface area contributed by atoms with Gasteiger partial charge in [0, 0.05) is 5.92 Å². The van der Waals surface area contributed by atoms with Gasteiger partial charge in [-0.3, -0.25) is 4.79 Å². The SMILES string of the molecule is COC(=O)C(NC(=O)CBr)C1COC1. The van der Waals surface area contributed by atoms with E-state index >= 15 is 0 Å². The molecule has 1 rings (SSSR count). The number of hydrogen-bond donors (Lipinski definition) is 1. The van der Waals surface area contributed by atoms with Crippen LogP contribution in [0.3, 0.4) is 0 Å². The van der Waals surface area contributed by atoms with E-state index in [9.17, 15) is 9.59 Å². The minimum Gasteiger partial charge on any atom is -0.467 e. The highest BCUT2D eigenvalue weighted by Gasteiger charge is 2.35. The van der Waals surface area contributed by atoms with Crippen molar-refractivity contribution >= 4 is 27.8 Å². The van der Waals surface area contributed by atoms with E-state index in [1.54, 1.807) is 0 Å². The molecule has 0 spiro atoms. The number of hydrogen-bond acceptors (Lipinski definition) is 4. The maximum atomic E-state index is 11.3. The lowest BCUT2D eigenvalue weighted by atomic mass is 9.98. The van der Waals surface area contributed by atoms with Gasteiger partial charge >= 0.3 is 5.97 Å². The molecule has 1 atom stereocenters. The zero-order valence-electron chi connectivity index (χ0n) is 7.79. The van der Waals surface area contributed by atoms with E-state index < -0.39 is 12.0 Å². The number of alkyl halides is 1. The molecule has 0 aromatic rings. The van der Waals surface area contributed by atoms with E-state index in [0.717, 1.165) is 0 Å². The van der Waals surface area contributed by atoms with Crippen LogP contribution in [-0.2, 0) is 19.1 Å². The topological polar surface area (TPSA) is 64.6 Å². The van der Waals surface area contributed by atoms with Crippen molar-refractivity contribution in [3.05, 3.63) is 0 Å². The van der Waals surface area contributed by atoms with Gasteiger partial charge in [0.05, 0.1) is 25.7 Å². The Bertz CT molecular complexity index is 229. The molecular weight excluding hydrogens is 254 g/mol. The van der Waals surface area contributed by atoms with Crippen molar-refractivity contribution in [2.45, 2.75) is 6.04 Å². The van der Waals surface area contributed by atoms with Crippen molar-refractivity contribution in [1.82, 2.24) is 5.32 Å². The van der Waals surface area contributed by atoms with Crippen molar-refractivity contribution in [2.24, 2.45) is 5.92 Å². The molecule has 0 aromatic heterocycles. The number of halogens is 1. The Balaban J connectivity index is 2.51. The van der Waals surface area contributed by atoms with Crippen LogP contribution >= 0.6 is 15.9 Å². The molecule has 1 aliphatic heterocycles. The summed E-state index contributed by atoms with van der Waals surface area (Å²) < 4.78 is 9.54. The molecule has 0 bridgehead atoms. The molecule has 1 amide bonds. The molecule has 1 aliphatic rings. The minimum absolute atomic E-state index is 0.0328. The average Bonchev–Trinajstić information content (AvgIpc) is 2.12. The van der Waals surface area contributed by atoms with Crippen LogP contribution in [0.2, 0.25) is 0 Å². The Labute approximate surface area is 90.3 Å². The summed E-state index contributed by atoms with van der Waals surface area (Å²) in [6, 6.07) is -0.584. The first-order valence-electron chi connectivity index (χ1n) is 4.20. The molecule has 1 saturated heterocycles. The highest BCUT2D eigenvalue weighted by atomic mass is 79.9. The summed E-state index contributed by atoms with van der Waals surface area (Å²) in [7, 11) is 1.30. The van der Waals surface area contributed by atoms with E-state index in [1.165, 1.54) is 7.11 Å². The molecule has 80 valence electrons. The lowest BCUT2D eigenvalue weighted by Crippen LogP contribution is -2.53. The highest BCUT2D eigenvalue weighted by molar-refractivity contribution is 9.09. The molecule has 0 saturated carbocycles. The molecule has 6 heteroatoms. The van der Waals surface area contributed by atoms with E-state index in [2.05, 4.69) is 26.0 Å². The summed E-state index contributed by atoms with van der Waals surface area (Å²) in [4.78, 5) is 22.4. The van der Waals surface area contributed by atoms with E-state index in [4.69, 9.17) is 4.74 Å². The maximum absolute atomic E-state index is 11.3. The number of ether oxygens (including phenoxy) is 2. The minimum atomic E-state index is -0.584. The number of carbonyl (C=O) groups is 2. The summed E-state index contributed by atoms with van der Waals surface area (Å²) in [6.07, 6.45) is 0. The van der Waals surface area contributed by atoms with Crippen LogP contribution in [0.25, 0.3) is 0 Å². The molecule has 1 fully saturated rings. The highest BCUT2D eigenvalue weighted by Crippen LogP contribution is 2.15. The Hall–Kier alpha value is -0.620. The molecule has 0 aromatic carbocycles. The van der Waals surface area contributed by atoms with Gasteiger partial charge in [-0.2, -0.15) is 0 Å². The Morgan fingerprint density at radius 1 is 1.64 bits per heavy atom. The van der Waals surface area contributed by atoms with Crippen LogP contribution in [-0.4, -0.2) is 43.6 Å². The van der Waals surface area contributed by atoms with Gasteiger partial charge in [-0.25, -0.2) is 4.79 Å². The number of esters is 1. The predicted octanol–water partition coefficient (Wildman–Crippen LogP) is -0.315. The van der Waals surface area contributed by atoms with Gasteiger partial charge < -0.3 is 14.8 Å². The van der Waals surface area contributed by atoms with E-state index in [0.29, 0.717) is 13.2 Å². The monoisotopic (exact) mass is 265 g/mol. The molecule has 1 unspecified atom stereocenters. The third-order valence-electron chi connectivity index (χ3n) is 2.03.